The minimum atomic E-state index is -3.54. The fourth-order valence-corrected chi connectivity index (χ4v) is 4.96. The number of nitrogens with zero attached hydrogens (tertiary/aromatic N) is 1. The second-order valence-electron chi connectivity index (χ2n) is 6.77. The highest BCUT2D eigenvalue weighted by Gasteiger charge is 2.27. The van der Waals surface area contributed by atoms with Gasteiger partial charge >= 0.3 is 0 Å². The standard InChI is InChI=1S/C20H24N2O3S/c1-15-7-6-8-17(13-15)20(23)21-18-10-9-16(2)19(14-18)26(24,25)22-11-4-3-5-12-22/h6-10,13-14H,3-5,11-12H2,1-2H3,(H,21,23). The Morgan fingerprint density at radius 2 is 1.73 bits per heavy atom. The van der Waals surface area contributed by atoms with Crippen LogP contribution in [-0.2, 0) is 10.0 Å². The summed E-state index contributed by atoms with van der Waals surface area (Å²) in [5, 5.41) is 2.81. The Kier molecular flexibility index (Phi) is 5.44. The number of aryl methyl sites for hydroxylation is 2. The Bertz CT molecular complexity index is 916. The fourth-order valence-electron chi connectivity index (χ4n) is 3.19. The normalized spacial score (nSPS) is 15.6. The molecular formula is C20H24N2O3S. The van der Waals surface area contributed by atoms with Gasteiger partial charge in [0.05, 0.1) is 4.90 Å². The van der Waals surface area contributed by atoms with Crippen LogP contribution in [-0.4, -0.2) is 31.7 Å². The summed E-state index contributed by atoms with van der Waals surface area (Å²) in [6.45, 7) is 4.82. The molecule has 1 saturated heterocycles. The Hall–Kier alpha value is -2.18. The van der Waals surface area contributed by atoms with E-state index in [1.165, 1.54) is 0 Å². The van der Waals surface area contributed by atoms with Gasteiger partial charge in [0.25, 0.3) is 5.91 Å². The summed E-state index contributed by atoms with van der Waals surface area (Å²) < 4.78 is 27.5. The van der Waals surface area contributed by atoms with Gasteiger partial charge in [0, 0.05) is 24.3 Å². The molecule has 1 fully saturated rings. The van der Waals surface area contributed by atoms with Crippen LogP contribution in [0.3, 0.4) is 0 Å². The SMILES string of the molecule is Cc1cccc(C(=O)Nc2ccc(C)c(S(=O)(=O)N3CCCCC3)c2)c1. The summed E-state index contributed by atoms with van der Waals surface area (Å²) in [5.41, 5.74) is 2.71. The number of rotatable bonds is 4. The van der Waals surface area contributed by atoms with Crippen LogP contribution in [0.4, 0.5) is 5.69 Å². The zero-order chi connectivity index (χ0) is 18.7. The van der Waals surface area contributed by atoms with Crippen molar-refractivity contribution in [1.29, 1.82) is 0 Å². The maximum absolute atomic E-state index is 13.0. The molecule has 0 spiro atoms. The van der Waals surface area contributed by atoms with E-state index >= 15 is 0 Å². The van der Waals surface area contributed by atoms with E-state index in [0.717, 1.165) is 24.8 Å². The molecule has 26 heavy (non-hydrogen) atoms. The molecule has 0 atom stereocenters. The zero-order valence-corrected chi connectivity index (χ0v) is 16.0. The summed E-state index contributed by atoms with van der Waals surface area (Å²) in [6, 6.07) is 12.3. The number of hydrogen-bond donors (Lipinski definition) is 1. The number of sulfonamides is 1. The Balaban J connectivity index is 1.86. The highest BCUT2D eigenvalue weighted by molar-refractivity contribution is 7.89. The second-order valence-corrected chi connectivity index (χ2v) is 8.67. The van der Waals surface area contributed by atoms with E-state index in [1.807, 2.05) is 19.1 Å². The van der Waals surface area contributed by atoms with Gasteiger partial charge in [0.15, 0.2) is 0 Å². The number of nitrogens with one attached hydrogen (secondary N) is 1. The van der Waals surface area contributed by atoms with Gasteiger partial charge in [0.2, 0.25) is 10.0 Å². The smallest absolute Gasteiger partial charge is 0.255 e. The molecule has 0 radical (unpaired) electrons. The van der Waals surface area contributed by atoms with Crippen molar-refractivity contribution in [1.82, 2.24) is 4.31 Å². The summed E-state index contributed by atoms with van der Waals surface area (Å²) in [7, 11) is -3.54. The molecule has 5 nitrogen and oxygen atoms in total. The van der Waals surface area contributed by atoms with Crippen molar-refractivity contribution in [2.24, 2.45) is 0 Å². The molecule has 0 aliphatic carbocycles. The molecule has 1 N–H and O–H groups in total. The Morgan fingerprint density at radius 1 is 1.00 bits per heavy atom. The van der Waals surface area contributed by atoms with Crippen molar-refractivity contribution in [3.05, 3.63) is 59.2 Å². The van der Waals surface area contributed by atoms with Crippen molar-refractivity contribution in [2.75, 3.05) is 18.4 Å². The summed E-state index contributed by atoms with van der Waals surface area (Å²) in [4.78, 5) is 12.7. The number of amides is 1. The van der Waals surface area contributed by atoms with Crippen molar-refractivity contribution < 1.29 is 13.2 Å². The van der Waals surface area contributed by atoms with Gasteiger partial charge in [-0.2, -0.15) is 4.31 Å². The van der Waals surface area contributed by atoms with Crippen LogP contribution in [0.15, 0.2) is 47.4 Å². The lowest BCUT2D eigenvalue weighted by Crippen LogP contribution is -2.36. The van der Waals surface area contributed by atoms with E-state index in [1.54, 1.807) is 41.6 Å². The Morgan fingerprint density at radius 3 is 2.42 bits per heavy atom. The molecule has 0 aromatic heterocycles. The molecule has 0 saturated carbocycles. The van der Waals surface area contributed by atoms with Crippen LogP contribution in [0.1, 0.15) is 40.7 Å². The lowest BCUT2D eigenvalue weighted by atomic mass is 10.1. The Labute approximate surface area is 155 Å². The van der Waals surface area contributed by atoms with Crippen molar-refractivity contribution >= 4 is 21.6 Å². The third kappa shape index (κ3) is 3.97. The summed E-state index contributed by atoms with van der Waals surface area (Å²) in [6.07, 6.45) is 2.85. The van der Waals surface area contributed by atoms with Crippen LogP contribution >= 0.6 is 0 Å². The highest BCUT2D eigenvalue weighted by atomic mass is 32.2. The lowest BCUT2D eigenvalue weighted by Gasteiger charge is -2.26. The van der Waals surface area contributed by atoms with Crippen LogP contribution in [0.25, 0.3) is 0 Å². The van der Waals surface area contributed by atoms with Gasteiger partial charge in [-0.25, -0.2) is 8.42 Å². The number of piperidine rings is 1. The number of benzene rings is 2. The number of anilines is 1. The van der Waals surface area contributed by atoms with Crippen LogP contribution in [0.2, 0.25) is 0 Å². The number of carbonyl (C=O) groups is 1. The minimum Gasteiger partial charge on any atom is -0.322 e. The lowest BCUT2D eigenvalue weighted by molar-refractivity contribution is 0.102. The molecule has 3 rings (SSSR count). The first-order valence-electron chi connectivity index (χ1n) is 8.87. The van der Waals surface area contributed by atoms with Crippen LogP contribution in [0.5, 0.6) is 0 Å². The van der Waals surface area contributed by atoms with Crippen molar-refractivity contribution in [2.45, 2.75) is 38.0 Å². The molecule has 1 amide bonds. The molecule has 2 aromatic rings. The summed E-state index contributed by atoms with van der Waals surface area (Å²) in [5.74, 6) is -0.251. The average Bonchev–Trinajstić information content (AvgIpc) is 2.64. The highest BCUT2D eigenvalue weighted by Crippen LogP contribution is 2.26. The monoisotopic (exact) mass is 372 g/mol. The molecule has 2 aromatic carbocycles. The largest absolute Gasteiger partial charge is 0.322 e. The predicted molar refractivity (Wildman–Crippen MR) is 103 cm³/mol. The first kappa shape index (κ1) is 18.6. The van der Waals surface area contributed by atoms with Crippen LogP contribution in [0, 0.1) is 13.8 Å². The average molecular weight is 372 g/mol. The zero-order valence-electron chi connectivity index (χ0n) is 15.2. The molecule has 138 valence electrons. The molecule has 1 aliphatic rings. The van der Waals surface area contributed by atoms with E-state index < -0.39 is 10.0 Å². The fraction of sp³-hybridized carbons (Fsp3) is 0.350. The molecule has 0 bridgehead atoms. The van der Waals surface area contributed by atoms with Crippen molar-refractivity contribution in [3.63, 3.8) is 0 Å². The number of hydrogen-bond acceptors (Lipinski definition) is 3. The quantitative estimate of drug-likeness (QED) is 0.889. The topological polar surface area (TPSA) is 66.5 Å². The minimum absolute atomic E-state index is 0.251. The molecule has 0 unspecified atom stereocenters. The van der Waals surface area contributed by atoms with Gasteiger partial charge in [-0.15, -0.1) is 0 Å². The van der Waals surface area contributed by atoms with Gasteiger partial charge in [-0.3, -0.25) is 4.79 Å². The van der Waals surface area contributed by atoms with E-state index in [4.69, 9.17) is 0 Å². The summed E-state index contributed by atoms with van der Waals surface area (Å²) >= 11 is 0. The molecule has 6 heteroatoms. The van der Waals surface area contributed by atoms with Gasteiger partial charge in [-0.05, 0) is 56.5 Å². The maximum atomic E-state index is 13.0. The predicted octanol–water partition coefficient (Wildman–Crippen LogP) is 3.73. The van der Waals surface area contributed by atoms with Crippen molar-refractivity contribution in [3.8, 4) is 0 Å². The molecular weight excluding hydrogens is 348 g/mol. The number of carbonyl (C=O) groups excluding carboxylic acids is 1. The first-order chi connectivity index (χ1) is 12.4. The van der Waals surface area contributed by atoms with E-state index in [2.05, 4.69) is 5.32 Å². The van der Waals surface area contributed by atoms with E-state index in [0.29, 0.717) is 29.9 Å². The third-order valence-corrected chi connectivity index (χ3v) is 6.70. The first-order valence-corrected chi connectivity index (χ1v) is 10.3. The van der Waals surface area contributed by atoms with Gasteiger partial charge < -0.3 is 5.32 Å². The third-order valence-electron chi connectivity index (χ3n) is 4.66. The molecule has 1 heterocycles. The van der Waals surface area contributed by atoms with E-state index in [-0.39, 0.29) is 10.8 Å². The second kappa shape index (κ2) is 7.60. The molecule has 1 aliphatic heterocycles. The van der Waals surface area contributed by atoms with Gasteiger partial charge in [-0.1, -0.05) is 30.2 Å². The van der Waals surface area contributed by atoms with Gasteiger partial charge in [0.1, 0.15) is 0 Å². The van der Waals surface area contributed by atoms with E-state index in [9.17, 15) is 13.2 Å². The maximum Gasteiger partial charge on any atom is 0.255 e. The van der Waals surface area contributed by atoms with Crippen LogP contribution < -0.4 is 5.32 Å².